The Hall–Kier alpha value is 0.170. The summed E-state index contributed by atoms with van der Waals surface area (Å²) in [6, 6.07) is 0. The van der Waals surface area contributed by atoms with Gasteiger partial charge in [-0.1, -0.05) is 0 Å². The Morgan fingerprint density at radius 3 is 1.67 bits per heavy atom. The Bertz CT molecular complexity index is 31.8. The van der Waals surface area contributed by atoms with Crippen LogP contribution in [0.25, 0.3) is 0 Å². The minimum atomic E-state index is -1.08. The third kappa shape index (κ3) is 1450. The maximum atomic E-state index is 8.89. The van der Waals surface area contributed by atoms with Crippen molar-refractivity contribution in [2.45, 2.75) is 6.92 Å². The van der Waals surface area contributed by atoms with Gasteiger partial charge in [-0.25, -0.2) is 0 Å². The molecule has 0 fully saturated rings. The third-order valence-electron chi connectivity index (χ3n) is 0. The molecule has 0 atom stereocenters. The molecule has 0 spiro atoms. The predicted molar refractivity (Wildman–Crippen MR) is 14.3 cm³/mol. The summed E-state index contributed by atoms with van der Waals surface area (Å²) in [4.78, 5) is 8.89. The van der Waals surface area contributed by atoms with Crippen molar-refractivity contribution in [1.82, 2.24) is 0 Å². The SMILES string of the molecule is CC(=O)[O-].O.[Ag+]. The topological polar surface area (TPSA) is 71.6 Å². The first-order valence-electron chi connectivity index (χ1n) is 0.908. The molecule has 0 aliphatic rings. The molecule has 4 heteroatoms. The normalized spacial score (nSPS) is 4.17. The van der Waals surface area contributed by atoms with Gasteiger partial charge in [-0.15, -0.1) is 0 Å². The van der Waals surface area contributed by atoms with E-state index in [1.165, 1.54) is 0 Å². The molecule has 0 rings (SSSR count). The molecule has 0 unspecified atom stereocenters. The summed E-state index contributed by atoms with van der Waals surface area (Å²) >= 11 is 0. The fourth-order valence-electron chi connectivity index (χ4n) is 0. The second-order valence-corrected chi connectivity index (χ2v) is 0.492. The van der Waals surface area contributed by atoms with E-state index in [0.29, 0.717) is 0 Å². The van der Waals surface area contributed by atoms with Gasteiger partial charge in [-0.2, -0.15) is 0 Å². The van der Waals surface area contributed by atoms with Crippen LogP contribution in [0.15, 0.2) is 0 Å². The zero-order valence-electron chi connectivity index (χ0n) is 3.12. The van der Waals surface area contributed by atoms with Crippen LogP contribution in [-0.4, -0.2) is 11.4 Å². The van der Waals surface area contributed by atoms with Gasteiger partial charge < -0.3 is 15.4 Å². The van der Waals surface area contributed by atoms with Crippen molar-refractivity contribution in [3.05, 3.63) is 0 Å². The summed E-state index contributed by atoms with van der Waals surface area (Å²) in [5, 5.41) is 8.89. The zero-order valence-corrected chi connectivity index (χ0v) is 4.60. The molecule has 0 radical (unpaired) electrons. The summed E-state index contributed by atoms with van der Waals surface area (Å²) < 4.78 is 0. The van der Waals surface area contributed by atoms with E-state index in [9.17, 15) is 0 Å². The number of carbonyl (C=O) groups is 1. The van der Waals surface area contributed by atoms with Gasteiger partial charge in [0.1, 0.15) is 0 Å². The van der Waals surface area contributed by atoms with Crippen LogP contribution in [0, 0.1) is 0 Å². The molecule has 6 heavy (non-hydrogen) atoms. The van der Waals surface area contributed by atoms with Crippen molar-refractivity contribution in [3.8, 4) is 0 Å². The van der Waals surface area contributed by atoms with Gasteiger partial charge in [0.25, 0.3) is 0 Å². The molecule has 0 saturated carbocycles. The molecule has 2 N–H and O–H groups in total. The molecule has 3 nitrogen and oxygen atoms in total. The number of aliphatic carboxylic acids is 1. The number of rotatable bonds is 0. The van der Waals surface area contributed by atoms with Gasteiger partial charge in [0.05, 0.1) is 0 Å². The number of hydrogen-bond donors (Lipinski definition) is 0. The van der Waals surface area contributed by atoms with Gasteiger partial charge in [-0.05, 0) is 6.92 Å². The summed E-state index contributed by atoms with van der Waals surface area (Å²) in [5.41, 5.74) is 0. The maximum absolute atomic E-state index is 8.89. The molecule has 0 aromatic heterocycles. The Morgan fingerprint density at radius 1 is 1.67 bits per heavy atom. The molecule has 0 aliphatic heterocycles. The third-order valence-corrected chi connectivity index (χ3v) is 0. The van der Waals surface area contributed by atoms with E-state index in [2.05, 4.69) is 0 Å². The molecule has 0 aliphatic carbocycles. The van der Waals surface area contributed by atoms with Gasteiger partial charge >= 0.3 is 22.4 Å². The zero-order chi connectivity index (χ0) is 3.58. The summed E-state index contributed by atoms with van der Waals surface area (Å²) in [5.74, 6) is -1.08. The molecule has 0 heterocycles. The minimum Gasteiger partial charge on any atom is -0.550 e. The van der Waals surface area contributed by atoms with E-state index in [1.54, 1.807) is 0 Å². The smallest absolute Gasteiger partial charge is 0.550 e. The van der Waals surface area contributed by atoms with E-state index >= 15 is 0 Å². The second kappa shape index (κ2) is 8.95. The van der Waals surface area contributed by atoms with Crippen molar-refractivity contribution in [2.24, 2.45) is 0 Å². The van der Waals surface area contributed by atoms with Gasteiger partial charge in [-0.3, -0.25) is 0 Å². The van der Waals surface area contributed by atoms with E-state index in [4.69, 9.17) is 9.90 Å². The molecular weight excluding hydrogens is 180 g/mol. The van der Waals surface area contributed by atoms with Crippen molar-refractivity contribution < 1.29 is 37.8 Å². The second-order valence-electron chi connectivity index (χ2n) is 0.492. The largest absolute Gasteiger partial charge is 1.00 e. The molecular formula is C2H5AgO3. The molecule has 0 aromatic rings. The molecule has 0 aromatic carbocycles. The van der Waals surface area contributed by atoms with Crippen molar-refractivity contribution >= 4 is 5.97 Å². The first-order valence-corrected chi connectivity index (χ1v) is 0.908. The summed E-state index contributed by atoms with van der Waals surface area (Å²) in [6.45, 7) is 0.972. The van der Waals surface area contributed by atoms with Crippen LogP contribution in [0.3, 0.4) is 0 Å². The Labute approximate surface area is 51.2 Å². The first kappa shape index (κ1) is 16.4. The monoisotopic (exact) mass is 184 g/mol. The van der Waals surface area contributed by atoms with Crippen molar-refractivity contribution in [1.29, 1.82) is 0 Å². The average molecular weight is 185 g/mol. The average Bonchev–Trinajstić information content (AvgIpc) is 0.811. The Morgan fingerprint density at radius 2 is 1.67 bits per heavy atom. The fourth-order valence-corrected chi connectivity index (χ4v) is 0. The fraction of sp³-hybridized carbons (Fsp3) is 0.500. The van der Waals surface area contributed by atoms with Crippen LogP contribution in [0.2, 0.25) is 0 Å². The van der Waals surface area contributed by atoms with Crippen LogP contribution in [0.5, 0.6) is 0 Å². The van der Waals surface area contributed by atoms with E-state index in [-0.39, 0.29) is 27.9 Å². The summed E-state index contributed by atoms with van der Waals surface area (Å²) in [6.07, 6.45) is 0. The molecule has 0 amide bonds. The predicted octanol–water partition coefficient (Wildman–Crippen LogP) is -2.07. The Balaban J connectivity index is -0.0000000450. The first-order chi connectivity index (χ1) is 1.73. The minimum absolute atomic E-state index is 0. The van der Waals surface area contributed by atoms with Crippen LogP contribution in [-0.2, 0) is 27.2 Å². The van der Waals surface area contributed by atoms with Crippen molar-refractivity contribution in [3.63, 3.8) is 0 Å². The van der Waals surface area contributed by atoms with Gasteiger partial charge in [0, 0.05) is 5.97 Å². The molecule has 0 bridgehead atoms. The number of hydrogen-bond acceptors (Lipinski definition) is 2. The van der Waals surface area contributed by atoms with E-state index < -0.39 is 5.97 Å². The molecule has 42 valence electrons. The Kier molecular flexibility index (Phi) is 24.5. The van der Waals surface area contributed by atoms with E-state index in [1.807, 2.05) is 0 Å². The van der Waals surface area contributed by atoms with Gasteiger partial charge in [0.2, 0.25) is 0 Å². The molecule has 0 saturated heterocycles. The van der Waals surface area contributed by atoms with Crippen LogP contribution >= 0.6 is 0 Å². The maximum Gasteiger partial charge on any atom is 1.00 e. The van der Waals surface area contributed by atoms with E-state index in [0.717, 1.165) is 6.92 Å². The number of carboxylic acid groups (broad SMARTS) is 1. The number of carboxylic acids is 1. The van der Waals surface area contributed by atoms with Crippen LogP contribution < -0.4 is 5.11 Å². The van der Waals surface area contributed by atoms with Crippen molar-refractivity contribution in [2.75, 3.05) is 0 Å². The van der Waals surface area contributed by atoms with Gasteiger partial charge in [0.15, 0.2) is 0 Å². The van der Waals surface area contributed by atoms with Crippen LogP contribution in [0.1, 0.15) is 6.92 Å². The quantitative estimate of drug-likeness (QED) is 0.406. The number of carbonyl (C=O) groups excluding carboxylic acids is 1. The van der Waals surface area contributed by atoms with Crippen LogP contribution in [0.4, 0.5) is 0 Å². The summed E-state index contributed by atoms with van der Waals surface area (Å²) in [7, 11) is 0. The standard InChI is InChI=1S/C2H4O2.Ag.H2O/c1-2(3)4;;/h1H3,(H,3,4);;1H2/q;+1;/p-1.